The molecule has 3 fully saturated rings. The van der Waals surface area contributed by atoms with Gasteiger partial charge in [-0.3, -0.25) is 9.47 Å². The van der Waals surface area contributed by atoms with Crippen molar-refractivity contribution < 1.29 is 18.7 Å². The summed E-state index contributed by atoms with van der Waals surface area (Å²) in [6.45, 7) is 3.01. The van der Waals surface area contributed by atoms with E-state index < -0.39 is 11.9 Å². The molecule has 1 aliphatic carbocycles. The van der Waals surface area contributed by atoms with Gasteiger partial charge in [0.05, 0.1) is 38.2 Å². The van der Waals surface area contributed by atoms with Gasteiger partial charge in [0, 0.05) is 29.4 Å². The Labute approximate surface area is 211 Å². The number of carbonyl (C=O) groups excluding carboxylic acids is 1. The fourth-order valence-electron chi connectivity index (χ4n) is 5.80. The molecule has 4 aliphatic rings. The molecule has 0 unspecified atom stereocenters. The molecule has 1 amide bonds. The normalized spacial score (nSPS) is 20.6. The summed E-state index contributed by atoms with van der Waals surface area (Å²) in [7, 11) is 0. The molecule has 7 rings (SSSR count). The van der Waals surface area contributed by atoms with Crippen molar-refractivity contribution in [1.82, 2.24) is 29.6 Å². The number of benzene rings is 1. The van der Waals surface area contributed by atoms with E-state index in [-0.39, 0.29) is 24.0 Å². The molecule has 0 radical (unpaired) electrons. The van der Waals surface area contributed by atoms with E-state index in [2.05, 4.69) is 24.7 Å². The summed E-state index contributed by atoms with van der Waals surface area (Å²) in [5, 5.41) is 9.65. The molecule has 3 aromatic rings. The van der Waals surface area contributed by atoms with E-state index in [0.29, 0.717) is 36.4 Å². The molecule has 10 nitrogen and oxygen atoms in total. The van der Waals surface area contributed by atoms with Crippen molar-refractivity contribution in [3.8, 4) is 5.69 Å². The van der Waals surface area contributed by atoms with E-state index in [9.17, 15) is 9.18 Å². The lowest BCUT2D eigenvalue weighted by Gasteiger charge is -2.59. The number of carbonyl (C=O) groups is 1. The predicted octanol–water partition coefficient (Wildman–Crippen LogP) is 3.08. The fourth-order valence-corrected chi connectivity index (χ4v) is 5.99. The van der Waals surface area contributed by atoms with E-state index in [1.165, 1.54) is 12.5 Å². The van der Waals surface area contributed by atoms with E-state index >= 15 is 0 Å². The summed E-state index contributed by atoms with van der Waals surface area (Å²) in [5.41, 5.74) is 1.96. The van der Waals surface area contributed by atoms with Gasteiger partial charge in [-0.2, -0.15) is 0 Å². The maximum Gasteiger partial charge on any atom is 0.410 e. The average Bonchev–Trinajstić information content (AvgIpc) is 3.10. The second kappa shape index (κ2) is 8.10. The van der Waals surface area contributed by atoms with Crippen molar-refractivity contribution in [3.63, 3.8) is 0 Å². The summed E-state index contributed by atoms with van der Waals surface area (Å²) in [4.78, 5) is 24.3. The van der Waals surface area contributed by atoms with Gasteiger partial charge in [-0.1, -0.05) is 11.6 Å². The Kier molecular flexibility index (Phi) is 4.94. The second-order valence-electron chi connectivity index (χ2n) is 10.1. The van der Waals surface area contributed by atoms with Crippen LogP contribution in [0.1, 0.15) is 36.0 Å². The van der Waals surface area contributed by atoms with Crippen LogP contribution in [0.15, 0.2) is 30.7 Å². The van der Waals surface area contributed by atoms with Gasteiger partial charge in [-0.05, 0) is 36.6 Å². The number of fused-ring (bicyclic) bond motifs is 3. The second-order valence-corrected chi connectivity index (χ2v) is 10.6. The minimum Gasteiger partial charge on any atom is -0.441 e. The van der Waals surface area contributed by atoms with E-state index in [1.807, 2.05) is 23.1 Å². The number of anilines is 1. The first-order valence-electron chi connectivity index (χ1n) is 11.9. The highest BCUT2D eigenvalue weighted by atomic mass is 35.5. The maximum atomic E-state index is 14.1. The zero-order valence-corrected chi connectivity index (χ0v) is 20.1. The minimum atomic E-state index is -0.402. The minimum absolute atomic E-state index is 0.128. The lowest BCUT2D eigenvalue weighted by molar-refractivity contribution is -0.105. The molecule has 1 aromatic carbocycles. The van der Waals surface area contributed by atoms with Crippen molar-refractivity contribution in [1.29, 1.82) is 0 Å². The van der Waals surface area contributed by atoms with Crippen LogP contribution in [-0.2, 0) is 22.6 Å². The van der Waals surface area contributed by atoms with Crippen LogP contribution in [0.4, 0.5) is 15.0 Å². The first-order chi connectivity index (χ1) is 17.5. The Bertz CT molecular complexity index is 1350. The topological polar surface area (TPSA) is 98.5 Å². The van der Waals surface area contributed by atoms with Crippen LogP contribution < -0.4 is 4.90 Å². The third kappa shape index (κ3) is 3.52. The van der Waals surface area contributed by atoms with Gasteiger partial charge < -0.3 is 14.4 Å². The third-order valence-electron chi connectivity index (χ3n) is 7.59. The van der Waals surface area contributed by atoms with Crippen LogP contribution in [0.3, 0.4) is 0 Å². The van der Waals surface area contributed by atoms with Gasteiger partial charge in [-0.25, -0.2) is 19.2 Å². The molecular formula is C24H23ClFN7O3. The maximum absolute atomic E-state index is 14.1. The fraction of sp³-hybridized carbons (Fsp3) is 0.458. The van der Waals surface area contributed by atoms with Crippen LogP contribution in [0.5, 0.6) is 0 Å². The molecule has 36 heavy (non-hydrogen) atoms. The number of hydrogen-bond donors (Lipinski definition) is 0. The number of aromatic nitrogens is 5. The molecule has 0 bridgehead atoms. The van der Waals surface area contributed by atoms with E-state index in [1.54, 1.807) is 4.90 Å². The first kappa shape index (κ1) is 21.9. The van der Waals surface area contributed by atoms with Crippen molar-refractivity contribution >= 4 is 23.5 Å². The molecular weight excluding hydrogens is 489 g/mol. The molecule has 1 spiro atoms. The van der Waals surface area contributed by atoms with Crippen LogP contribution in [0.2, 0.25) is 5.02 Å². The van der Waals surface area contributed by atoms with Crippen LogP contribution in [-0.4, -0.2) is 68.1 Å². The van der Waals surface area contributed by atoms with Gasteiger partial charge in [-0.15, -0.1) is 10.2 Å². The Morgan fingerprint density at radius 3 is 2.78 bits per heavy atom. The van der Waals surface area contributed by atoms with Crippen molar-refractivity contribution in [2.24, 2.45) is 5.41 Å². The molecule has 3 aliphatic heterocycles. The lowest BCUT2D eigenvalue weighted by atomic mass is 9.57. The SMILES string of the molecule is O=C(OC1COC1)N1Cc2cc(Cl)ccc2-n2c(nnc2C2CC3(C2)CN(c2ncncc2F)C3)C1. The predicted molar refractivity (Wildman–Crippen MR) is 125 cm³/mol. The zero-order chi connectivity index (χ0) is 24.4. The van der Waals surface area contributed by atoms with Crippen molar-refractivity contribution in [3.05, 3.63) is 58.8 Å². The molecule has 12 heteroatoms. The van der Waals surface area contributed by atoms with Crippen molar-refractivity contribution in [2.45, 2.75) is 38.0 Å². The highest BCUT2D eigenvalue weighted by Crippen LogP contribution is 2.56. The van der Waals surface area contributed by atoms with Crippen LogP contribution >= 0.6 is 11.6 Å². The molecule has 0 atom stereocenters. The number of ether oxygens (including phenoxy) is 2. The third-order valence-corrected chi connectivity index (χ3v) is 7.82. The highest BCUT2D eigenvalue weighted by Gasteiger charge is 2.55. The van der Waals surface area contributed by atoms with Gasteiger partial charge >= 0.3 is 6.09 Å². The zero-order valence-electron chi connectivity index (χ0n) is 19.3. The lowest BCUT2D eigenvalue weighted by Crippen LogP contribution is -2.62. The summed E-state index contributed by atoms with van der Waals surface area (Å²) < 4.78 is 26.8. The van der Waals surface area contributed by atoms with E-state index in [4.69, 9.17) is 21.1 Å². The van der Waals surface area contributed by atoms with Gasteiger partial charge in [0.2, 0.25) is 0 Å². The summed E-state index contributed by atoms with van der Waals surface area (Å²) >= 11 is 6.32. The molecule has 0 N–H and O–H groups in total. The van der Waals surface area contributed by atoms with Crippen molar-refractivity contribution in [2.75, 3.05) is 31.2 Å². The largest absolute Gasteiger partial charge is 0.441 e. The quantitative estimate of drug-likeness (QED) is 0.529. The number of rotatable bonds is 3. The van der Waals surface area contributed by atoms with E-state index in [0.717, 1.165) is 43.0 Å². The van der Waals surface area contributed by atoms with Gasteiger partial charge in [0.1, 0.15) is 12.2 Å². The number of nitrogens with zero attached hydrogens (tertiary/aromatic N) is 7. The Balaban J connectivity index is 1.13. The average molecular weight is 512 g/mol. The molecule has 1 saturated carbocycles. The number of amides is 1. The first-order valence-corrected chi connectivity index (χ1v) is 12.3. The molecule has 186 valence electrons. The van der Waals surface area contributed by atoms with Crippen LogP contribution in [0.25, 0.3) is 5.69 Å². The Hall–Kier alpha value is -3.31. The molecule has 2 saturated heterocycles. The Morgan fingerprint density at radius 1 is 1.19 bits per heavy atom. The summed E-state index contributed by atoms with van der Waals surface area (Å²) in [5.74, 6) is 1.76. The summed E-state index contributed by atoms with van der Waals surface area (Å²) in [6.07, 6.45) is 3.83. The van der Waals surface area contributed by atoms with Gasteiger partial charge in [0.15, 0.2) is 23.6 Å². The number of hydrogen-bond acceptors (Lipinski definition) is 8. The molecule has 5 heterocycles. The summed E-state index contributed by atoms with van der Waals surface area (Å²) in [6, 6.07) is 5.68. The smallest absolute Gasteiger partial charge is 0.410 e. The monoisotopic (exact) mass is 511 g/mol. The van der Waals surface area contributed by atoms with Crippen LogP contribution in [0, 0.1) is 11.2 Å². The molecule has 2 aromatic heterocycles. The number of halogens is 2. The standard InChI is InChI=1S/C24H23ClFN7O3/c25-16-1-2-19-14(3-16)7-31(23(34)36-17-9-35-10-17)8-20-29-30-21(33(19)20)15-4-24(5-15)11-32(12-24)22-18(26)6-27-13-28-22/h1-3,6,13,15,17H,4-5,7-12H2. The highest BCUT2D eigenvalue weighted by molar-refractivity contribution is 6.30. The Morgan fingerprint density at radius 2 is 2.03 bits per heavy atom. The van der Waals surface area contributed by atoms with Gasteiger partial charge in [0.25, 0.3) is 0 Å².